The molecule has 0 bridgehead atoms. The van der Waals surface area contributed by atoms with Crippen molar-refractivity contribution >= 4 is 23.8 Å². The molecule has 2 heterocycles. The predicted molar refractivity (Wildman–Crippen MR) is 277 cm³/mol. The van der Waals surface area contributed by atoms with Crippen LogP contribution in [0.5, 0.6) is 0 Å². The van der Waals surface area contributed by atoms with Crippen LogP contribution in [0.1, 0.15) is 70.9 Å². The number of carboxylic acids is 1. The van der Waals surface area contributed by atoms with Crippen molar-refractivity contribution in [3.8, 4) is 0 Å². The summed E-state index contributed by atoms with van der Waals surface area (Å²) in [5.41, 5.74) is 6.23. The zero-order chi connectivity index (χ0) is 48.5. The summed E-state index contributed by atoms with van der Waals surface area (Å²) in [5.74, 6) is -2.48. The molecule has 0 aromatic heterocycles. The number of likely N-dealkylation sites (N-methyl/N-ethyl adjacent to an activating group) is 2. The van der Waals surface area contributed by atoms with Gasteiger partial charge in [0.2, 0.25) is 11.8 Å². The molecule has 4 atom stereocenters. The van der Waals surface area contributed by atoms with E-state index in [0.29, 0.717) is 25.9 Å². The summed E-state index contributed by atoms with van der Waals surface area (Å²) < 4.78 is 5.12. The summed E-state index contributed by atoms with van der Waals surface area (Å²) in [7, 11) is 5.52. The number of methoxy groups -OCH3 is 1. The Balaban J connectivity index is 0.000000300. The Bertz CT molecular complexity index is 2450. The van der Waals surface area contributed by atoms with Crippen molar-refractivity contribution in [1.29, 1.82) is 0 Å². The second-order valence-electron chi connectivity index (χ2n) is 18.3. The predicted octanol–water partition coefficient (Wildman–Crippen LogP) is 4.97. The van der Waals surface area contributed by atoms with Gasteiger partial charge in [-0.05, 0) is 99.1 Å². The first kappa shape index (κ1) is 58.2. The Labute approximate surface area is 437 Å². The summed E-state index contributed by atoms with van der Waals surface area (Å²) in [4.78, 5) is 60.7. The molecule has 2 aliphatic rings. The van der Waals surface area contributed by atoms with E-state index in [-0.39, 0.29) is 59.7 Å². The quantitative estimate of drug-likeness (QED) is 0.0924. The molecule has 2 amide bonds. The van der Waals surface area contributed by atoms with Gasteiger partial charge in [0.05, 0.1) is 18.9 Å². The first-order valence-electron chi connectivity index (χ1n) is 24.2. The van der Waals surface area contributed by atoms with Gasteiger partial charge in [-0.2, -0.15) is 0 Å². The van der Waals surface area contributed by atoms with Gasteiger partial charge in [0.15, 0.2) is 0 Å². The molecule has 6 aromatic carbocycles. The third-order valence-electron chi connectivity index (χ3n) is 13.8. The van der Waals surface area contributed by atoms with Gasteiger partial charge < -0.3 is 40.4 Å². The van der Waals surface area contributed by atoms with Crippen LogP contribution in [0, 0.1) is 0 Å². The maximum absolute atomic E-state index is 14.0. The Morgan fingerprint density at radius 3 is 1.12 bits per heavy atom. The van der Waals surface area contributed by atoms with E-state index in [4.69, 9.17) is 4.74 Å². The molecule has 0 aliphatic carbocycles. The van der Waals surface area contributed by atoms with Gasteiger partial charge >= 0.3 is 30.8 Å². The van der Waals surface area contributed by atoms with E-state index in [1.807, 2.05) is 153 Å². The fourth-order valence-electron chi connectivity index (χ4n) is 9.94. The number of carboxylic acid groups (broad SMARTS) is 1. The number of hydrogen-bond donors (Lipinski definition) is 1. The van der Waals surface area contributed by atoms with Crippen LogP contribution < -0.4 is 18.9 Å². The zero-order valence-corrected chi connectivity index (χ0v) is 42.1. The maximum atomic E-state index is 14.0. The minimum absolute atomic E-state index is 0. The van der Waals surface area contributed by atoms with Gasteiger partial charge in [-0.15, -0.1) is 0 Å². The smallest absolute Gasteiger partial charge is 0.870 e. The third kappa shape index (κ3) is 15.3. The van der Waals surface area contributed by atoms with Crippen molar-refractivity contribution < 1.29 is 58.8 Å². The minimum Gasteiger partial charge on any atom is -0.870 e. The SMILES string of the molecule is CN(CCCc1ccccc1)[C@H]1C[C@@H](C(=O)O)N(C(=O)C(c2ccccc2)c2ccccc2)C1.COC(=O)[C@@H]1C[C@H](N(C)CCCc2ccccc2)CN1C(=O)C(c1ccccc1)c1ccccc1.O.[Li+].[OH-]. The van der Waals surface area contributed by atoms with Gasteiger partial charge in [-0.25, -0.2) is 9.59 Å². The van der Waals surface area contributed by atoms with E-state index in [1.54, 1.807) is 9.80 Å². The number of amides is 2. The molecule has 12 nitrogen and oxygen atoms in total. The van der Waals surface area contributed by atoms with Gasteiger partial charge in [-0.1, -0.05) is 182 Å². The summed E-state index contributed by atoms with van der Waals surface area (Å²) in [5, 5.41) is 9.97. The third-order valence-corrected chi connectivity index (χ3v) is 13.8. The molecule has 2 fully saturated rings. The van der Waals surface area contributed by atoms with E-state index < -0.39 is 29.9 Å². The monoisotopic (exact) mass is 969 g/mol. The molecule has 2 saturated heterocycles. The van der Waals surface area contributed by atoms with E-state index in [1.165, 1.54) is 18.2 Å². The van der Waals surface area contributed by atoms with Gasteiger partial charge in [0, 0.05) is 25.2 Å². The Morgan fingerprint density at radius 1 is 0.528 bits per heavy atom. The van der Waals surface area contributed by atoms with E-state index in [9.17, 15) is 24.3 Å². The van der Waals surface area contributed by atoms with Crippen LogP contribution in [-0.4, -0.2) is 131 Å². The molecule has 2 aliphatic heterocycles. The van der Waals surface area contributed by atoms with Crippen LogP contribution in [0.3, 0.4) is 0 Å². The minimum atomic E-state index is -0.937. The van der Waals surface area contributed by atoms with Crippen molar-refractivity contribution in [3.63, 3.8) is 0 Å². The number of nitrogens with zero attached hydrogens (tertiary/aromatic N) is 4. The Hall–Kier alpha value is -6.36. The average Bonchev–Trinajstić information content (AvgIpc) is 4.06. The number of hydrogen-bond acceptors (Lipinski definition) is 8. The number of aryl methyl sites for hydroxylation is 2. The Kier molecular flexibility index (Phi) is 23.6. The molecule has 4 N–H and O–H groups in total. The number of carbonyl (C=O) groups is 4. The molecule has 0 saturated carbocycles. The van der Waals surface area contributed by atoms with Crippen LogP contribution in [0.15, 0.2) is 182 Å². The summed E-state index contributed by atoms with van der Waals surface area (Å²) in [6, 6.07) is 58.4. The van der Waals surface area contributed by atoms with Gasteiger partial charge in [-0.3, -0.25) is 9.59 Å². The second-order valence-corrected chi connectivity index (χ2v) is 18.3. The number of aliphatic carboxylic acids is 1. The fourth-order valence-corrected chi connectivity index (χ4v) is 9.94. The zero-order valence-electron chi connectivity index (χ0n) is 42.1. The number of ether oxygens (including phenoxy) is 1. The molecule has 374 valence electrons. The number of carbonyl (C=O) groups excluding carboxylic acids is 3. The second kappa shape index (κ2) is 29.2. The molecule has 0 radical (unpaired) electrons. The van der Waals surface area contributed by atoms with E-state index in [0.717, 1.165) is 61.0 Å². The molecule has 72 heavy (non-hydrogen) atoms. The van der Waals surface area contributed by atoms with Crippen molar-refractivity contribution in [2.45, 2.75) is 74.5 Å². The summed E-state index contributed by atoms with van der Waals surface area (Å²) in [6.07, 6.45) is 5.01. The number of benzene rings is 6. The van der Waals surface area contributed by atoms with E-state index >= 15 is 0 Å². The molecule has 8 rings (SSSR count). The Morgan fingerprint density at radius 2 is 0.819 bits per heavy atom. The standard InChI is InChI=1S/C30H34N2O3.C29H32N2O3.Li.2H2O/c1-31(20-12-15-23-13-6-3-7-14-23)26-21-27(30(34)35-2)32(22-26)29(33)28(24-16-8-4-9-17-24)25-18-10-5-11-19-25;1-30(19-11-14-22-12-5-2-6-13-22)25-20-26(29(33)34)31(21-25)28(32)27(23-15-7-3-8-16-23)24-17-9-4-10-18-24;;;/h3-11,13-14,16-19,26-28H,12,15,20-22H2,1-2H3;2-10,12-13,15-18,25-27H,11,14,19-21H2,1H3,(H,33,34);;2*1H2/q;;+1;;/p-1/t26-,27-;25-,26-;;;/m00.../s1. The molecular formula is C59H69LiN4O8. The van der Waals surface area contributed by atoms with Crippen molar-refractivity contribution in [2.24, 2.45) is 0 Å². The van der Waals surface area contributed by atoms with Crippen LogP contribution in [0.25, 0.3) is 0 Å². The topological polar surface area (TPSA) is 172 Å². The summed E-state index contributed by atoms with van der Waals surface area (Å²) in [6.45, 7) is 2.69. The maximum Gasteiger partial charge on any atom is 1.00 e. The van der Waals surface area contributed by atoms with Crippen molar-refractivity contribution in [3.05, 3.63) is 215 Å². The molecule has 0 unspecified atom stereocenters. The number of esters is 1. The van der Waals surface area contributed by atoms with Crippen LogP contribution in [-0.2, 0) is 36.8 Å². The molecular weight excluding hydrogens is 900 g/mol. The van der Waals surface area contributed by atoms with Crippen LogP contribution in [0.4, 0.5) is 0 Å². The first-order valence-corrected chi connectivity index (χ1v) is 24.2. The first-order chi connectivity index (χ1) is 33.6. The number of rotatable bonds is 18. The van der Waals surface area contributed by atoms with Crippen LogP contribution in [0.2, 0.25) is 0 Å². The van der Waals surface area contributed by atoms with Gasteiger partial charge in [0.1, 0.15) is 12.1 Å². The largest absolute Gasteiger partial charge is 1.00 e. The fraction of sp³-hybridized carbons (Fsp3) is 0.322. The normalized spacial score (nSPS) is 17.0. The van der Waals surface area contributed by atoms with Crippen molar-refractivity contribution in [1.82, 2.24) is 19.6 Å². The molecule has 13 heteroatoms. The van der Waals surface area contributed by atoms with Gasteiger partial charge in [0.25, 0.3) is 0 Å². The van der Waals surface area contributed by atoms with E-state index in [2.05, 4.69) is 53.2 Å². The average molecular weight is 969 g/mol. The summed E-state index contributed by atoms with van der Waals surface area (Å²) >= 11 is 0. The number of likely N-dealkylation sites (tertiary alicyclic amines) is 2. The van der Waals surface area contributed by atoms with Crippen LogP contribution >= 0.6 is 0 Å². The molecule has 0 spiro atoms. The molecule has 6 aromatic rings. The van der Waals surface area contributed by atoms with Crippen molar-refractivity contribution in [2.75, 3.05) is 47.4 Å².